The highest BCUT2D eigenvalue weighted by Crippen LogP contribution is 2.33. The van der Waals surface area contributed by atoms with Crippen LogP contribution in [0.5, 0.6) is 5.88 Å². The number of allylic oxidation sites excluding steroid dienone is 1. The van der Waals surface area contributed by atoms with Crippen LogP contribution >= 0.6 is 0 Å². The van der Waals surface area contributed by atoms with Gasteiger partial charge in [0, 0.05) is 37.5 Å². The third-order valence-electron chi connectivity index (χ3n) is 5.22. The van der Waals surface area contributed by atoms with E-state index in [9.17, 15) is 14.7 Å². The van der Waals surface area contributed by atoms with Crippen LogP contribution < -0.4 is 5.69 Å². The van der Waals surface area contributed by atoms with Crippen molar-refractivity contribution in [2.75, 3.05) is 13.1 Å². The van der Waals surface area contributed by atoms with Gasteiger partial charge >= 0.3 is 5.69 Å². The number of imidazole rings is 1. The Morgan fingerprint density at radius 1 is 1.22 bits per heavy atom. The molecule has 2 aromatic rings. The molecule has 0 saturated carbocycles. The lowest BCUT2D eigenvalue weighted by Crippen LogP contribution is -2.39. The number of piperidine rings is 1. The minimum atomic E-state index is -0.409. The number of amides is 1. The molecule has 27 heavy (non-hydrogen) atoms. The summed E-state index contributed by atoms with van der Waals surface area (Å²) in [5.74, 6) is -0.331. The van der Waals surface area contributed by atoms with Gasteiger partial charge in [0.1, 0.15) is 12.2 Å². The molecular weight excluding hydrogens is 344 g/mol. The predicted octanol–water partition coefficient (Wildman–Crippen LogP) is 2.16. The zero-order chi connectivity index (χ0) is 19.0. The van der Waals surface area contributed by atoms with Crippen LogP contribution in [0.3, 0.4) is 0 Å². The van der Waals surface area contributed by atoms with Gasteiger partial charge in [0.25, 0.3) is 0 Å². The Kier molecular flexibility index (Phi) is 4.43. The minimum Gasteiger partial charge on any atom is -0.493 e. The van der Waals surface area contributed by atoms with E-state index >= 15 is 0 Å². The minimum absolute atomic E-state index is 0.135. The standard InChI is InChI=1S/C20H22N4O3/c1-22-17(11-14-12-21-16-8-4-3-7-15(14)16)19(26)24(20(22)27)13-18(25)23-9-5-2-6-10-23/h3-4,7-8,11-12,26H,2,5-6,9-10,13H2,1H3/b14-11+. The van der Waals surface area contributed by atoms with E-state index in [2.05, 4.69) is 4.99 Å². The number of rotatable bonds is 3. The van der Waals surface area contributed by atoms with Crippen molar-refractivity contribution in [3.05, 3.63) is 46.0 Å². The fourth-order valence-electron chi connectivity index (χ4n) is 3.65. The van der Waals surface area contributed by atoms with E-state index in [0.29, 0.717) is 18.8 Å². The third-order valence-corrected chi connectivity index (χ3v) is 5.22. The van der Waals surface area contributed by atoms with E-state index in [-0.39, 0.29) is 18.3 Å². The van der Waals surface area contributed by atoms with Crippen molar-refractivity contribution in [2.24, 2.45) is 12.0 Å². The average molecular weight is 366 g/mol. The van der Waals surface area contributed by atoms with Crippen molar-refractivity contribution in [1.82, 2.24) is 14.0 Å². The molecule has 1 N–H and O–H groups in total. The van der Waals surface area contributed by atoms with Crippen LogP contribution in [0.2, 0.25) is 0 Å². The molecule has 1 aromatic heterocycles. The molecule has 3 heterocycles. The molecule has 0 radical (unpaired) electrons. The molecule has 140 valence electrons. The first-order valence-electron chi connectivity index (χ1n) is 9.17. The summed E-state index contributed by atoms with van der Waals surface area (Å²) >= 11 is 0. The largest absolute Gasteiger partial charge is 0.493 e. The average Bonchev–Trinajstić information content (AvgIpc) is 3.19. The Morgan fingerprint density at radius 3 is 2.74 bits per heavy atom. The number of aliphatic imine (C=N–C) groups is 1. The van der Waals surface area contributed by atoms with E-state index < -0.39 is 5.69 Å². The Morgan fingerprint density at radius 2 is 1.96 bits per heavy atom. The summed E-state index contributed by atoms with van der Waals surface area (Å²) in [5.41, 5.74) is 2.57. The Hall–Kier alpha value is -3.09. The van der Waals surface area contributed by atoms with Crippen LogP contribution in [-0.4, -0.2) is 44.4 Å². The molecule has 1 saturated heterocycles. The lowest BCUT2D eigenvalue weighted by atomic mass is 10.1. The van der Waals surface area contributed by atoms with Gasteiger partial charge in [-0.1, -0.05) is 18.2 Å². The molecule has 1 aromatic carbocycles. The van der Waals surface area contributed by atoms with Gasteiger partial charge in [-0.05, 0) is 31.4 Å². The molecule has 2 aliphatic heterocycles. The molecule has 0 atom stereocenters. The van der Waals surface area contributed by atoms with Crippen molar-refractivity contribution < 1.29 is 9.90 Å². The number of hydrogen-bond donors (Lipinski definition) is 1. The van der Waals surface area contributed by atoms with Gasteiger partial charge < -0.3 is 10.0 Å². The summed E-state index contributed by atoms with van der Waals surface area (Å²) in [6, 6.07) is 7.69. The molecule has 7 nitrogen and oxygen atoms in total. The smallest absolute Gasteiger partial charge is 0.331 e. The molecule has 0 spiro atoms. The van der Waals surface area contributed by atoms with Gasteiger partial charge in [-0.3, -0.25) is 18.9 Å². The van der Waals surface area contributed by atoms with E-state index in [4.69, 9.17) is 0 Å². The first-order chi connectivity index (χ1) is 13.1. The third kappa shape index (κ3) is 3.09. The van der Waals surface area contributed by atoms with Gasteiger partial charge in [-0.2, -0.15) is 0 Å². The Bertz CT molecular complexity index is 1010. The Balaban J connectivity index is 1.65. The number of carbonyl (C=O) groups is 1. The van der Waals surface area contributed by atoms with Gasteiger partial charge in [0.15, 0.2) is 0 Å². The normalized spacial score (nSPS) is 17.5. The zero-order valence-electron chi connectivity index (χ0n) is 15.3. The Labute approximate surface area is 156 Å². The molecule has 0 aliphatic carbocycles. The molecule has 4 rings (SSSR count). The SMILES string of the molecule is Cn1c(/C=C2\C=Nc3ccccc32)c(O)n(CC(=O)N2CCCCC2)c1=O. The monoisotopic (exact) mass is 366 g/mol. The number of benzene rings is 1. The van der Waals surface area contributed by atoms with Crippen LogP contribution in [0.25, 0.3) is 11.6 Å². The highest BCUT2D eigenvalue weighted by atomic mass is 16.3. The van der Waals surface area contributed by atoms with Gasteiger partial charge in [-0.25, -0.2) is 4.79 Å². The second-order valence-corrected chi connectivity index (χ2v) is 6.95. The topological polar surface area (TPSA) is 79.8 Å². The maximum Gasteiger partial charge on any atom is 0.331 e. The van der Waals surface area contributed by atoms with Crippen LogP contribution in [0.1, 0.15) is 30.5 Å². The molecule has 0 bridgehead atoms. The van der Waals surface area contributed by atoms with Crippen molar-refractivity contribution in [3.8, 4) is 5.88 Å². The maximum atomic E-state index is 12.6. The molecule has 2 aliphatic rings. The lowest BCUT2D eigenvalue weighted by molar-refractivity contribution is -0.132. The number of aromatic hydroxyl groups is 1. The summed E-state index contributed by atoms with van der Waals surface area (Å²) in [6.45, 7) is 1.28. The number of nitrogens with zero attached hydrogens (tertiary/aromatic N) is 4. The van der Waals surface area contributed by atoms with Crippen molar-refractivity contribution in [2.45, 2.75) is 25.8 Å². The molecule has 7 heteroatoms. The van der Waals surface area contributed by atoms with Crippen molar-refractivity contribution >= 4 is 29.5 Å². The summed E-state index contributed by atoms with van der Waals surface area (Å²) in [4.78, 5) is 31.2. The first-order valence-corrected chi connectivity index (χ1v) is 9.17. The summed E-state index contributed by atoms with van der Waals surface area (Å²) in [6.07, 6.45) is 6.54. The van der Waals surface area contributed by atoms with Crippen molar-refractivity contribution in [3.63, 3.8) is 0 Å². The zero-order valence-corrected chi connectivity index (χ0v) is 15.3. The molecule has 1 amide bonds. The van der Waals surface area contributed by atoms with Gasteiger partial charge in [0.05, 0.1) is 5.69 Å². The highest BCUT2D eigenvalue weighted by molar-refractivity contribution is 6.21. The summed E-state index contributed by atoms with van der Waals surface area (Å²) < 4.78 is 2.50. The maximum absolute atomic E-state index is 12.6. The molecule has 0 unspecified atom stereocenters. The highest BCUT2D eigenvalue weighted by Gasteiger charge is 2.23. The van der Waals surface area contributed by atoms with Crippen LogP contribution in [-0.2, 0) is 18.4 Å². The lowest BCUT2D eigenvalue weighted by Gasteiger charge is -2.26. The van der Waals surface area contributed by atoms with E-state index in [0.717, 1.165) is 40.7 Å². The van der Waals surface area contributed by atoms with E-state index in [1.54, 1.807) is 24.2 Å². The number of likely N-dealkylation sites (tertiary alicyclic amines) is 1. The second-order valence-electron chi connectivity index (χ2n) is 6.95. The van der Waals surface area contributed by atoms with E-state index in [1.165, 1.54) is 4.57 Å². The van der Waals surface area contributed by atoms with Crippen LogP contribution in [0.15, 0.2) is 34.1 Å². The van der Waals surface area contributed by atoms with Gasteiger partial charge in [-0.15, -0.1) is 0 Å². The fourth-order valence-corrected chi connectivity index (χ4v) is 3.65. The van der Waals surface area contributed by atoms with E-state index in [1.807, 2.05) is 24.3 Å². The predicted molar refractivity (Wildman–Crippen MR) is 104 cm³/mol. The molecular formula is C20H22N4O3. The van der Waals surface area contributed by atoms with Crippen LogP contribution in [0.4, 0.5) is 5.69 Å². The summed E-state index contributed by atoms with van der Waals surface area (Å²) in [7, 11) is 1.59. The second kappa shape index (κ2) is 6.90. The molecule has 1 fully saturated rings. The van der Waals surface area contributed by atoms with Crippen LogP contribution in [0, 0.1) is 0 Å². The van der Waals surface area contributed by atoms with Crippen molar-refractivity contribution in [1.29, 1.82) is 0 Å². The fraction of sp³-hybridized carbons (Fsp3) is 0.350. The number of carbonyl (C=O) groups excluding carboxylic acids is 1. The quantitative estimate of drug-likeness (QED) is 0.904. The summed E-state index contributed by atoms with van der Waals surface area (Å²) in [5, 5.41) is 10.6. The number of para-hydroxylation sites is 1. The number of fused-ring (bicyclic) bond motifs is 1. The van der Waals surface area contributed by atoms with Gasteiger partial charge in [0.2, 0.25) is 11.8 Å². The number of aromatic nitrogens is 2. The number of hydrogen-bond acceptors (Lipinski definition) is 4. The first kappa shape index (κ1) is 17.3.